The Morgan fingerprint density at radius 3 is 2.42 bits per heavy atom. The summed E-state index contributed by atoms with van der Waals surface area (Å²) in [4.78, 5) is 29.0. The fourth-order valence-electron chi connectivity index (χ4n) is 4.75. The summed E-state index contributed by atoms with van der Waals surface area (Å²) in [6.07, 6.45) is -1.37. The first-order valence-electron chi connectivity index (χ1n) is 12.3. The highest BCUT2D eigenvalue weighted by Crippen LogP contribution is 2.28. The second-order valence-corrected chi connectivity index (χ2v) is 10.6. The van der Waals surface area contributed by atoms with Crippen molar-refractivity contribution >= 4 is 11.9 Å². The summed E-state index contributed by atoms with van der Waals surface area (Å²) in [6, 6.07) is 13.0. The molecular formula is C28H37FN2O5. The Bertz CT molecular complexity index is 1020. The molecule has 1 aliphatic heterocycles. The van der Waals surface area contributed by atoms with Gasteiger partial charge in [0.15, 0.2) is 0 Å². The number of aliphatic hydroxyl groups is 1. The van der Waals surface area contributed by atoms with E-state index in [0.29, 0.717) is 31.7 Å². The zero-order valence-corrected chi connectivity index (χ0v) is 21.5. The maximum atomic E-state index is 13.9. The van der Waals surface area contributed by atoms with E-state index in [4.69, 9.17) is 4.74 Å². The van der Waals surface area contributed by atoms with E-state index < -0.39 is 35.6 Å². The summed E-state index contributed by atoms with van der Waals surface area (Å²) < 4.78 is 19.5. The summed E-state index contributed by atoms with van der Waals surface area (Å²) >= 11 is 0. The number of ether oxygens (including phenoxy) is 1. The van der Waals surface area contributed by atoms with Crippen molar-refractivity contribution in [2.75, 3.05) is 19.6 Å². The zero-order chi connectivity index (χ0) is 26.5. The predicted octanol–water partition coefficient (Wildman–Crippen LogP) is 4.15. The molecule has 0 aliphatic carbocycles. The van der Waals surface area contributed by atoms with Gasteiger partial charge >= 0.3 is 6.09 Å². The van der Waals surface area contributed by atoms with Gasteiger partial charge in [-0.1, -0.05) is 30.3 Å². The van der Waals surface area contributed by atoms with Crippen LogP contribution in [0.3, 0.4) is 0 Å². The van der Waals surface area contributed by atoms with Gasteiger partial charge in [-0.05, 0) is 63.3 Å². The molecule has 2 N–H and O–H groups in total. The van der Waals surface area contributed by atoms with E-state index in [2.05, 4.69) is 4.90 Å². The molecule has 0 spiro atoms. The monoisotopic (exact) mass is 500 g/mol. The lowest BCUT2D eigenvalue weighted by Gasteiger charge is -2.45. The van der Waals surface area contributed by atoms with E-state index in [1.807, 2.05) is 30.3 Å². The van der Waals surface area contributed by atoms with Crippen LogP contribution in [-0.4, -0.2) is 69.3 Å². The van der Waals surface area contributed by atoms with Crippen LogP contribution in [0.4, 0.5) is 9.18 Å². The number of hydrogen-bond donors (Lipinski definition) is 2. The molecule has 1 heterocycles. The van der Waals surface area contributed by atoms with Crippen LogP contribution in [-0.2, 0) is 22.5 Å². The van der Waals surface area contributed by atoms with Gasteiger partial charge in [0.25, 0.3) is 0 Å². The third kappa shape index (κ3) is 8.03. The van der Waals surface area contributed by atoms with Crippen LogP contribution >= 0.6 is 0 Å². The van der Waals surface area contributed by atoms with Crippen LogP contribution in [0, 0.1) is 11.7 Å². The van der Waals surface area contributed by atoms with Crippen LogP contribution < -0.4 is 0 Å². The molecule has 1 fully saturated rings. The number of nitrogens with zero attached hydrogens (tertiary/aromatic N) is 2. The number of aliphatic hydroxyl groups excluding tert-OH is 1. The Kier molecular flexibility index (Phi) is 9.08. The summed E-state index contributed by atoms with van der Waals surface area (Å²) in [7, 11) is 0. The van der Waals surface area contributed by atoms with E-state index in [1.165, 1.54) is 19.1 Å². The van der Waals surface area contributed by atoms with Crippen LogP contribution in [0.5, 0.6) is 5.75 Å². The van der Waals surface area contributed by atoms with Crippen molar-refractivity contribution in [1.82, 2.24) is 9.80 Å². The molecule has 1 saturated heterocycles. The van der Waals surface area contributed by atoms with E-state index in [1.54, 1.807) is 25.7 Å². The van der Waals surface area contributed by atoms with Gasteiger partial charge in [0.05, 0.1) is 12.1 Å². The first-order chi connectivity index (χ1) is 16.9. The average molecular weight is 501 g/mol. The lowest BCUT2D eigenvalue weighted by atomic mass is 9.85. The van der Waals surface area contributed by atoms with Crippen LogP contribution in [0.2, 0.25) is 0 Å². The minimum atomic E-state index is -1.08. The highest BCUT2D eigenvalue weighted by atomic mass is 19.1. The molecule has 3 rings (SSSR count). The van der Waals surface area contributed by atoms with E-state index in [-0.39, 0.29) is 24.4 Å². The maximum Gasteiger partial charge on any atom is 0.410 e. The van der Waals surface area contributed by atoms with Crippen molar-refractivity contribution in [3.8, 4) is 5.75 Å². The largest absolute Gasteiger partial charge is 0.508 e. The smallest absolute Gasteiger partial charge is 0.410 e. The Morgan fingerprint density at radius 2 is 1.81 bits per heavy atom. The van der Waals surface area contributed by atoms with Gasteiger partial charge < -0.3 is 24.6 Å². The van der Waals surface area contributed by atoms with Gasteiger partial charge in [-0.3, -0.25) is 4.90 Å². The Hall–Kier alpha value is -2.97. The molecule has 1 aliphatic rings. The molecular weight excluding hydrogens is 463 g/mol. The van der Waals surface area contributed by atoms with Crippen LogP contribution in [0.25, 0.3) is 0 Å². The number of amides is 1. The molecule has 2 aromatic rings. The Balaban J connectivity index is 1.87. The van der Waals surface area contributed by atoms with Crippen molar-refractivity contribution < 1.29 is 28.9 Å². The number of benzene rings is 2. The van der Waals surface area contributed by atoms with Crippen molar-refractivity contribution in [3.63, 3.8) is 0 Å². The Morgan fingerprint density at radius 1 is 1.11 bits per heavy atom. The number of aromatic hydroxyl groups is 1. The lowest BCUT2D eigenvalue weighted by molar-refractivity contribution is -0.119. The first kappa shape index (κ1) is 27.6. The quantitative estimate of drug-likeness (QED) is 0.566. The SMILES string of the molecule is CC(=O)C[C@@H](Cc1cc(O)cc(F)c1)[C@H](O)[C@H]1CN(Cc2ccccc2)CCN1C(=O)OC(C)(C)C. The average Bonchev–Trinajstić information content (AvgIpc) is 2.76. The third-order valence-corrected chi connectivity index (χ3v) is 6.25. The summed E-state index contributed by atoms with van der Waals surface area (Å²) in [5.41, 5.74) is 0.886. The second kappa shape index (κ2) is 11.8. The third-order valence-electron chi connectivity index (χ3n) is 6.25. The number of carbonyl (C=O) groups is 2. The van der Waals surface area contributed by atoms with Crippen molar-refractivity contribution in [2.24, 2.45) is 5.92 Å². The Labute approximate surface area is 212 Å². The number of halogens is 1. The lowest BCUT2D eigenvalue weighted by Crippen LogP contribution is -2.61. The zero-order valence-electron chi connectivity index (χ0n) is 21.5. The summed E-state index contributed by atoms with van der Waals surface area (Å²) in [5.74, 6) is -1.53. The second-order valence-electron chi connectivity index (χ2n) is 10.6. The molecule has 196 valence electrons. The number of carbonyl (C=O) groups excluding carboxylic acids is 2. The van der Waals surface area contributed by atoms with E-state index in [9.17, 15) is 24.2 Å². The van der Waals surface area contributed by atoms with Crippen LogP contribution in [0.15, 0.2) is 48.5 Å². The van der Waals surface area contributed by atoms with E-state index in [0.717, 1.165) is 11.6 Å². The number of rotatable bonds is 8. The molecule has 1 amide bonds. The van der Waals surface area contributed by atoms with Crippen LogP contribution in [0.1, 0.15) is 45.2 Å². The van der Waals surface area contributed by atoms with Crippen molar-refractivity contribution in [1.29, 1.82) is 0 Å². The molecule has 2 aromatic carbocycles. The number of ketones is 1. The van der Waals surface area contributed by atoms with Gasteiger partial charge in [-0.2, -0.15) is 0 Å². The maximum absolute atomic E-state index is 13.9. The molecule has 3 atom stereocenters. The summed E-state index contributed by atoms with van der Waals surface area (Å²) in [6.45, 7) is 8.81. The molecule has 0 bridgehead atoms. The van der Waals surface area contributed by atoms with Gasteiger partial charge in [-0.15, -0.1) is 0 Å². The number of hydrogen-bond acceptors (Lipinski definition) is 6. The highest BCUT2D eigenvalue weighted by molar-refractivity contribution is 5.76. The normalized spacial score (nSPS) is 18.5. The first-order valence-corrected chi connectivity index (χ1v) is 12.3. The number of Topliss-reactive ketones (excluding diaryl/α,β-unsaturated/α-hetero) is 1. The minimum absolute atomic E-state index is 0.0514. The van der Waals surface area contributed by atoms with E-state index >= 15 is 0 Å². The fourth-order valence-corrected chi connectivity index (χ4v) is 4.75. The highest BCUT2D eigenvalue weighted by Gasteiger charge is 2.40. The molecule has 0 aromatic heterocycles. The molecule has 7 nitrogen and oxygen atoms in total. The van der Waals surface area contributed by atoms with Gasteiger partial charge in [0.1, 0.15) is 23.0 Å². The predicted molar refractivity (Wildman–Crippen MR) is 135 cm³/mol. The topological polar surface area (TPSA) is 90.3 Å². The molecule has 8 heteroatoms. The minimum Gasteiger partial charge on any atom is -0.508 e. The number of phenols is 1. The van der Waals surface area contributed by atoms with Crippen molar-refractivity contribution in [3.05, 3.63) is 65.5 Å². The summed E-state index contributed by atoms with van der Waals surface area (Å²) in [5, 5.41) is 21.4. The standard InChI is InChI=1S/C28H37FN2O5/c1-19(32)12-22(13-21-14-23(29)16-24(33)15-21)26(34)25-18-30(17-20-8-6-5-7-9-20)10-11-31(25)27(35)36-28(2,3)4/h5-9,14-16,22,25-26,33-34H,10-13,17-18H2,1-4H3/t22-,25+,26-/m0/s1. The molecule has 0 saturated carbocycles. The van der Waals surface area contributed by atoms with Crippen molar-refractivity contribution in [2.45, 2.75) is 64.8 Å². The van der Waals surface area contributed by atoms with Gasteiger partial charge in [0.2, 0.25) is 0 Å². The van der Waals surface area contributed by atoms with Gasteiger partial charge in [-0.25, -0.2) is 9.18 Å². The number of phenolic OH excluding ortho intramolecular Hbond substituents is 1. The molecule has 36 heavy (non-hydrogen) atoms. The molecule has 0 radical (unpaired) electrons. The van der Waals surface area contributed by atoms with Gasteiger partial charge in [0, 0.05) is 38.7 Å². The molecule has 0 unspecified atom stereocenters. The number of piperazine rings is 1. The fraction of sp³-hybridized carbons (Fsp3) is 0.500.